The monoisotopic (exact) mass is 272 g/mol. The fourth-order valence-corrected chi connectivity index (χ4v) is 3.27. The molecule has 1 unspecified atom stereocenters. The van der Waals surface area contributed by atoms with Crippen LogP contribution in [0.1, 0.15) is 46.0 Å². The second-order valence-corrected chi connectivity index (χ2v) is 5.82. The van der Waals surface area contributed by atoms with Crippen molar-refractivity contribution >= 4 is 5.97 Å². The molecule has 0 aromatic heterocycles. The van der Waals surface area contributed by atoms with E-state index >= 15 is 0 Å². The van der Waals surface area contributed by atoms with Crippen LogP contribution in [0.5, 0.6) is 0 Å². The summed E-state index contributed by atoms with van der Waals surface area (Å²) in [5, 5.41) is 10.9. The zero-order valence-corrected chi connectivity index (χ0v) is 12.0. The number of carbonyl (C=O) groups excluding carboxylic acids is 1. The molecule has 19 heavy (non-hydrogen) atoms. The van der Waals surface area contributed by atoms with E-state index in [9.17, 15) is 9.90 Å². The predicted molar refractivity (Wildman–Crippen MR) is 68.5 cm³/mol. The van der Waals surface area contributed by atoms with Crippen LogP contribution in [0.15, 0.2) is 0 Å². The second-order valence-electron chi connectivity index (χ2n) is 5.82. The molecule has 0 aromatic rings. The van der Waals surface area contributed by atoms with Crippen molar-refractivity contribution in [1.82, 2.24) is 0 Å². The minimum atomic E-state index is -1.05. The maximum Gasteiger partial charge on any atom is 0.314 e. The van der Waals surface area contributed by atoms with E-state index in [1.807, 2.05) is 6.92 Å². The van der Waals surface area contributed by atoms with Crippen LogP contribution in [0.3, 0.4) is 0 Å². The lowest BCUT2D eigenvalue weighted by Crippen LogP contribution is -2.56. The Morgan fingerprint density at radius 3 is 2.21 bits per heavy atom. The first-order valence-electron chi connectivity index (χ1n) is 7.00. The third-order valence-electron chi connectivity index (χ3n) is 5.02. The number of hydrogen-bond donors (Lipinski definition) is 1. The highest BCUT2D eigenvalue weighted by Gasteiger charge is 2.56. The predicted octanol–water partition coefficient (Wildman–Crippen LogP) is 1.62. The molecule has 1 saturated heterocycles. The lowest BCUT2D eigenvalue weighted by atomic mass is 9.63. The van der Waals surface area contributed by atoms with Gasteiger partial charge in [0.1, 0.15) is 0 Å². The van der Waals surface area contributed by atoms with E-state index in [1.165, 1.54) is 7.11 Å². The summed E-state index contributed by atoms with van der Waals surface area (Å²) in [6, 6.07) is 0. The van der Waals surface area contributed by atoms with Crippen molar-refractivity contribution in [3.63, 3.8) is 0 Å². The van der Waals surface area contributed by atoms with Gasteiger partial charge in [-0.2, -0.15) is 0 Å². The Balaban J connectivity index is 2.13. The number of esters is 1. The standard InChI is InChI=1S/C14H24O5/c1-4-12(2,11(15)17-3)13(16)5-7-14(8-6-13)18-9-10-19-14/h16H,4-10H2,1-3H3. The summed E-state index contributed by atoms with van der Waals surface area (Å²) in [6.45, 7) is 4.91. The first-order valence-corrected chi connectivity index (χ1v) is 7.00. The SMILES string of the molecule is CCC(C)(C(=O)OC)C1(O)CCC2(CC1)OCCO2. The molecular weight excluding hydrogens is 248 g/mol. The van der Waals surface area contributed by atoms with Crippen molar-refractivity contribution in [2.75, 3.05) is 20.3 Å². The van der Waals surface area contributed by atoms with Crippen LogP contribution in [0, 0.1) is 5.41 Å². The molecule has 0 bridgehead atoms. The van der Waals surface area contributed by atoms with Crippen LogP contribution >= 0.6 is 0 Å². The van der Waals surface area contributed by atoms with Gasteiger partial charge in [0, 0.05) is 12.8 Å². The molecule has 0 amide bonds. The lowest BCUT2D eigenvalue weighted by molar-refractivity contribution is -0.225. The molecule has 2 fully saturated rings. The zero-order chi connectivity index (χ0) is 14.1. The molecule has 0 aromatic carbocycles. The van der Waals surface area contributed by atoms with Gasteiger partial charge in [-0.15, -0.1) is 0 Å². The van der Waals surface area contributed by atoms with Gasteiger partial charge >= 0.3 is 5.97 Å². The van der Waals surface area contributed by atoms with Crippen LogP contribution in [-0.4, -0.2) is 42.8 Å². The first-order chi connectivity index (χ1) is 8.91. The van der Waals surface area contributed by atoms with Gasteiger partial charge < -0.3 is 19.3 Å². The molecule has 1 spiro atoms. The van der Waals surface area contributed by atoms with Gasteiger partial charge in [-0.1, -0.05) is 6.92 Å². The minimum absolute atomic E-state index is 0.346. The molecule has 110 valence electrons. The quantitative estimate of drug-likeness (QED) is 0.791. The van der Waals surface area contributed by atoms with E-state index < -0.39 is 16.8 Å². The normalized spacial score (nSPS) is 28.0. The summed E-state index contributed by atoms with van der Waals surface area (Å²) < 4.78 is 16.2. The van der Waals surface area contributed by atoms with E-state index in [0.717, 1.165) is 0 Å². The van der Waals surface area contributed by atoms with E-state index in [1.54, 1.807) is 6.92 Å². The number of hydrogen-bond acceptors (Lipinski definition) is 5. The summed E-state index contributed by atoms with van der Waals surface area (Å²) in [5.74, 6) is -0.876. The van der Waals surface area contributed by atoms with Crippen LogP contribution < -0.4 is 0 Å². The largest absolute Gasteiger partial charge is 0.469 e. The fourth-order valence-electron chi connectivity index (χ4n) is 3.27. The van der Waals surface area contributed by atoms with Crippen molar-refractivity contribution in [2.24, 2.45) is 5.41 Å². The van der Waals surface area contributed by atoms with Gasteiger partial charge in [0.05, 0.1) is 31.3 Å². The molecule has 5 heteroatoms. The Kier molecular flexibility index (Phi) is 3.91. The van der Waals surface area contributed by atoms with Crippen molar-refractivity contribution in [1.29, 1.82) is 0 Å². The highest BCUT2D eigenvalue weighted by molar-refractivity contribution is 5.77. The third-order valence-corrected chi connectivity index (χ3v) is 5.02. The Labute approximate surface area is 114 Å². The van der Waals surface area contributed by atoms with Gasteiger partial charge in [-0.25, -0.2) is 0 Å². The summed E-state index contributed by atoms with van der Waals surface area (Å²) >= 11 is 0. The van der Waals surface area contributed by atoms with E-state index in [4.69, 9.17) is 14.2 Å². The molecule has 2 aliphatic rings. The van der Waals surface area contributed by atoms with Crippen molar-refractivity contribution < 1.29 is 24.1 Å². The van der Waals surface area contributed by atoms with Gasteiger partial charge in [-0.05, 0) is 26.2 Å². The maximum atomic E-state index is 12.0. The highest BCUT2D eigenvalue weighted by atomic mass is 16.7. The Morgan fingerprint density at radius 1 is 1.26 bits per heavy atom. The number of aliphatic hydroxyl groups is 1. The van der Waals surface area contributed by atoms with Crippen molar-refractivity contribution in [3.8, 4) is 0 Å². The topological polar surface area (TPSA) is 65.0 Å². The van der Waals surface area contributed by atoms with Crippen LogP contribution in [0.25, 0.3) is 0 Å². The fraction of sp³-hybridized carbons (Fsp3) is 0.929. The number of carbonyl (C=O) groups is 1. The molecule has 0 radical (unpaired) electrons. The molecule has 1 aliphatic carbocycles. The Bertz CT molecular complexity index is 338. The summed E-state index contributed by atoms with van der Waals surface area (Å²) in [5.41, 5.74) is -1.92. The average molecular weight is 272 g/mol. The molecule has 1 atom stereocenters. The third kappa shape index (κ3) is 2.28. The molecule has 1 aliphatic heterocycles. The van der Waals surface area contributed by atoms with E-state index in [-0.39, 0.29) is 5.97 Å². The number of methoxy groups -OCH3 is 1. The minimum Gasteiger partial charge on any atom is -0.469 e. The molecule has 5 nitrogen and oxygen atoms in total. The zero-order valence-electron chi connectivity index (χ0n) is 12.0. The van der Waals surface area contributed by atoms with E-state index in [0.29, 0.717) is 45.3 Å². The Hall–Kier alpha value is -0.650. The lowest BCUT2D eigenvalue weighted by Gasteiger charge is -2.48. The highest BCUT2D eigenvalue weighted by Crippen LogP contribution is 2.49. The molecule has 1 N–H and O–H groups in total. The smallest absolute Gasteiger partial charge is 0.314 e. The number of rotatable bonds is 3. The van der Waals surface area contributed by atoms with Gasteiger partial charge in [0.15, 0.2) is 5.79 Å². The van der Waals surface area contributed by atoms with Crippen LogP contribution in [-0.2, 0) is 19.0 Å². The summed E-state index contributed by atoms with van der Waals surface area (Å²) in [7, 11) is 1.37. The van der Waals surface area contributed by atoms with Crippen molar-refractivity contribution in [3.05, 3.63) is 0 Å². The molecular formula is C14H24O5. The molecule has 2 rings (SSSR count). The van der Waals surface area contributed by atoms with Crippen LogP contribution in [0.2, 0.25) is 0 Å². The van der Waals surface area contributed by atoms with E-state index in [2.05, 4.69) is 0 Å². The summed E-state index contributed by atoms with van der Waals surface area (Å²) in [6.07, 6.45) is 2.77. The number of ether oxygens (including phenoxy) is 3. The summed E-state index contributed by atoms with van der Waals surface area (Å²) in [4.78, 5) is 12.0. The van der Waals surface area contributed by atoms with Gasteiger partial charge in [0.2, 0.25) is 0 Å². The average Bonchev–Trinajstić information content (AvgIpc) is 2.89. The van der Waals surface area contributed by atoms with Gasteiger partial charge in [0.25, 0.3) is 0 Å². The molecule has 1 heterocycles. The van der Waals surface area contributed by atoms with Crippen molar-refractivity contribution in [2.45, 2.75) is 57.3 Å². The first kappa shape index (κ1) is 14.8. The van der Waals surface area contributed by atoms with Crippen LogP contribution in [0.4, 0.5) is 0 Å². The molecule has 1 saturated carbocycles. The Morgan fingerprint density at radius 2 is 1.79 bits per heavy atom. The van der Waals surface area contributed by atoms with Gasteiger partial charge in [-0.3, -0.25) is 4.79 Å². The second kappa shape index (κ2) is 5.04. The maximum absolute atomic E-state index is 12.0.